The minimum Gasteiger partial charge on any atom is -0.378 e. The summed E-state index contributed by atoms with van der Waals surface area (Å²) in [6.45, 7) is 14.3. The van der Waals surface area contributed by atoms with Crippen LogP contribution in [0.25, 0.3) is 27.6 Å². The number of aromatic nitrogens is 4. The number of aliphatic hydroxyl groups is 2. The zero-order valence-corrected chi connectivity index (χ0v) is 47.4. The molecule has 0 bridgehead atoms. The summed E-state index contributed by atoms with van der Waals surface area (Å²) in [7, 11) is 0. The Morgan fingerprint density at radius 2 is 0.695 bits per heavy atom. The van der Waals surface area contributed by atoms with Crippen molar-refractivity contribution in [2.24, 2.45) is 11.8 Å². The van der Waals surface area contributed by atoms with Crippen LogP contribution in [-0.2, 0) is 28.7 Å². The van der Waals surface area contributed by atoms with Crippen LogP contribution in [0.15, 0.2) is 286 Å². The first-order valence-corrected chi connectivity index (χ1v) is 28.5. The first-order valence-electron chi connectivity index (χ1n) is 28.5. The van der Waals surface area contributed by atoms with Crippen molar-refractivity contribution in [1.82, 2.24) is 19.1 Å². The Morgan fingerprint density at radius 1 is 0.390 bits per heavy atom. The molecule has 0 radical (unpaired) electrons. The highest BCUT2D eigenvalue weighted by Gasteiger charge is 2.44. The van der Waals surface area contributed by atoms with Crippen LogP contribution < -0.4 is 0 Å². The van der Waals surface area contributed by atoms with Gasteiger partial charge in [-0.25, -0.2) is 9.97 Å². The highest BCUT2D eigenvalue weighted by molar-refractivity contribution is 5.86. The van der Waals surface area contributed by atoms with Crippen LogP contribution in [0.2, 0.25) is 0 Å². The summed E-state index contributed by atoms with van der Waals surface area (Å²) >= 11 is 0. The van der Waals surface area contributed by atoms with Crippen molar-refractivity contribution in [1.29, 1.82) is 0 Å². The molecule has 12 aromatic rings. The van der Waals surface area contributed by atoms with Crippen molar-refractivity contribution in [3.05, 3.63) is 353 Å². The quantitative estimate of drug-likeness (QED) is 0.0946. The van der Waals surface area contributed by atoms with Gasteiger partial charge in [-0.2, -0.15) is 0 Å². The van der Waals surface area contributed by atoms with Crippen molar-refractivity contribution >= 4 is 27.6 Å². The highest BCUT2D eigenvalue weighted by Crippen LogP contribution is 2.46. The maximum absolute atomic E-state index is 12.5. The fraction of sp³-hybridized carbons (Fsp3) is 0.158. The lowest BCUT2D eigenvalue weighted by molar-refractivity contribution is 0.0277. The summed E-state index contributed by atoms with van der Waals surface area (Å²) in [6.07, 6.45) is 10.7. The van der Waals surface area contributed by atoms with Crippen LogP contribution in [-0.4, -0.2) is 29.3 Å². The lowest BCUT2D eigenvalue weighted by Crippen LogP contribution is -2.37. The van der Waals surface area contributed by atoms with E-state index in [0.29, 0.717) is 11.4 Å². The third-order valence-electron chi connectivity index (χ3n) is 16.8. The molecule has 6 heteroatoms. The Hall–Kier alpha value is -9.20. The third-order valence-corrected chi connectivity index (χ3v) is 16.8. The van der Waals surface area contributed by atoms with Gasteiger partial charge in [0.15, 0.2) is 0 Å². The van der Waals surface area contributed by atoms with Crippen LogP contribution in [0, 0.1) is 11.8 Å². The Labute approximate surface area is 483 Å². The van der Waals surface area contributed by atoms with E-state index < -0.39 is 22.3 Å². The van der Waals surface area contributed by atoms with Gasteiger partial charge in [-0.15, -0.1) is 0 Å². The van der Waals surface area contributed by atoms with Crippen LogP contribution >= 0.6 is 0 Å². The largest absolute Gasteiger partial charge is 0.378 e. The van der Waals surface area contributed by atoms with Crippen molar-refractivity contribution < 1.29 is 10.2 Å². The summed E-state index contributed by atoms with van der Waals surface area (Å²) in [5.41, 5.74) is 8.01. The topological polar surface area (TPSA) is 76.1 Å². The summed E-state index contributed by atoms with van der Waals surface area (Å²) in [5.74, 6) is -0.242. The fourth-order valence-electron chi connectivity index (χ4n) is 12.3. The number of nitrogens with zero attached hydrogens (tertiary/aromatic N) is 4. The van der Waals surface area contributed by atoms with Gasteiger partial charge in [0.05, 0.1) is 24.0 Å². The van der Waals surface area contributed by atoms with E-state index >= 15 is 0 Å². The number of imidazole rings is 2. The van der Waals surface area contributed by atoms with Gasteiger partial charge in [-0.1, -0.05) is 284 Å². The Balaban J connectivity index is 0.000000172. The van der Waals surface area contributed by atoms with Crippen molar-refractivity contribution in [3.63, 3.8) is 0 Å². The Morgan fingerprint density at radius 3 is 1.01 bits per heavy atom. The van der Waals surface area contributed by atoms with Gasteiger partial charge >= 0.3 is 0 Å². The van der Waals surface area contributed by atoms with Gasteiger partial charge in [0, 0.05) is 12.4 Å². The van der Waals surface area contributed by atoms with E-state index in [9.17, 15) is 10.2 Å². The molecule has 0 spiro atoms. The second-order valence-corrected chi connectivity index (χ2v) is 22.1. The molecule has 0 fully saturated rings. The molecule has 406 valence electrons. The Kier molecular flexibility index (Phi) is 15.4. The molecular weight excluding hydrogens is 1000 g/mol. The van der Waals surface area contributed by atoms with Crippen LogP contribution in [0.3, 0.4) is 0 Å². The molecule has 6 nitrogen and oxygen atoms in total. The second-order valence-electron chi connectivity index (χ2n) is 22.1. The fourth-order valence-corrected chi connectivity index (χ4v) is 12.3. The predicted molar refractivity (Wildman–Crippen MR) is 337 cm³/mol. The molecule has 10 aromatic carbocycles. The molecule has 2 N–H and O–H groups in total. The van der Waals surface area contributed by atoms with E-state index in [1.807, 2.05) is 87.4 Å². The minimum absolute atomic E-state index is 0.113. The standard InChI is InChI=1S/C38H36N2O.C38H34N2O/c2*1-4-29-20-21-31-25-35(23-22-30(31)24-29)38(41,28(2)3)36-26-40(27-39-36)37(32-14-8-5-9-15-32,33-16-10-6-11-17-33)34-18-12-7-13-19-34/h5-28,41H,4H2,1-3H3;4-28,41H,1H2,2-3H3. The molecule has 2 heterocycles. The van der Waals surface area contributed by atoms with E-state index in [4.69, 9.17) is 9.97 Å². The van der Waals surface area contributed by atoms with Crippen molar-refractivity contribution in [2.75, 3.05) is 0 Å². The Bertz CT molecular complexity index is 3890. The molecule has 0 saturated heterocycles. The van der Waals surface area contributed by atoms with Gasteiger partial charge < -0.3 is 19.3 Å². The van der Waals surface area contributed by atoms with Crippen molar-refractivity contribution in [2.45, 2.75) is 63.3 Å². The smallest absolute Gasteiger partial charge is 0.135 e. The number of aryl methyl sites for hydroxylation is 1. The molecule has 2 unspecified atom stereocenters. The SMILES string of the molecule is C=Cc1ccc2cc(C(O)(c3cn(C(c4ccccc4)(c4ccccc4)c4ccccc4)cn3)C(C)C)ccc2c1.CCc1ccc2cc(C(O)(c3cn(C(c4ccccc4)(c4ccccc4)c4ccccc4)cn3)C(C)C)ccc2c1. The lowest BCUT2D eigenvalue weighted by atomic mass is 9.76. The molecule has 82 heavy (non-hydrogen) atoms. The molecule has 0 amide bonds. The average Bonchev–Trinajstić information content (AvgIpc) is 4.41. The second kappa shape index (κ2) is 23.1. The average molecular weight is 1070 g/mol. The molecule has 12 rings (SSSR count). The predicted octanol–water partition coefficient (Wildman–Crippen LogP) is 16.7. The van der Waals surface area contributed by atoms with Gasteiger partial charge in [0.1, 0.15) is 22.3 Å². The molecular formula is C76H70N4O2. The maximum atomic E-state index is 12.5. The number of rotatable bonds is 16. The summed E-state index contributed by atoms with van der Waals surface area (Å²) in [6, 6.07) is 88.5. The molecule has 0 saturated carbocycles. The van der Waals surface area contributed by atoms with E-state index in [1.54, 1.807) is 0 Å². The summed E-state index contributed by atoms with van der Waals surface area (Å²) < 4.78 is 4.33. The molecule has 0 aliphatic rings. The first kappa shape index (κ1) is 54.7. The minimum atomic E-state index is -1.30. The third kappa shape index (κ3) is 9.68. The van der Waals surface area contributed by atoms with Gasteiger partial charge in [0.2, 0.25) is 0 Å². The monoisotopic (exact) mass is 1070 g/mol. The number of hydrogen-bond donors (Lipinski definition) is 2. The van der Waals surface area contributed by atoms with Crippen LogP contribution in [0.1, 0.15) is 102 Å². The van der Waals surface area contributed by atoms with Gasteiger partial charge in [-0.3, -0.25) is 0 Å². The summed E-state index contributed by atoms with van der Waals surface area (Å²) in [5, 5.41) is 29.5. The molecule has 0 aliphatic carbocycles. The first-order chi connectivity index (χ1) is 39.9. The van der Waals surface area contributed by atoms with E-state index in [2.05, 4.69) is 249 Å². The number of hydrogen-bond acceptors (Lipinski definition) is 4. The molecule has 2 aromatic heterocycles. The van der Waals surface area contributed by atoms with E-state index in [0.717, 1.165) is 72.7 Å². The highest BCUT2D eigenvalue weighted by atomic mass is 16.3. The lowest BCUT2D eigenvalue weighted by Gasteiger charge is -2.37. The van der Waals surface area contributed by atoms with Crippen molar-refractivity contribution in [3.8, 4) is 0 Å². The van der Waals surface area contributed by atoms with Gasteiger partial charge in [-0.05, 0) is 114 Å². The number of fused-ring (bicyclic) bond motifs is 2. The van der Waals surface area contributed by atoms with Crippen LogP contribution in [0.4, 0.5) is 0 Å². The maximum Gasteiger partial charge on any atom is 0.135 e. The van der Waals surface area contributed by atoms with Crippen LogP contribution in [0.5, 0.6) is 0 Å². The summed E-state index contributed by atoms with van der Waals surface area (Å²) in [4.78, 5) is 9.88. The molecule has 2 atom stereocenters. The normalized spacial score (nSPS) is 13.3. The zero-order valence-electron chi connectivity index (χ0n) is 47.4. The number of benzene rings is 10. The van der Waals surface area contributed by atoms with E-state index in [1.165, 1.54) is 10.9 Å². The van der Waals surface area contributed by atoms with E-state index in [-0.39, 0.29) is 11.8 Å². The van der Waals surface area contributed by atoms with Gasteiger partial charge in [0.25, 0.3) is 0 Å². The molecule has 0 aliphatic heterocycles. The zero-order chi connectivity index (χ0) is 56.9.